The predicted octanol–water partition coefficient (Wildman–Crippen LogP) is 3.77. The lowest BCUT2D eigenvalue weighted by atomic mass is 10.0. The summed E-state index contributed by atoms with van der Waals surface area (Å²) in [4.78, 5) is 2.53. The van der Waals surface area contributed by atoms with Gasteiger partial charge in [-0.05, 0) is 44.7 Å². The highest BCUT2D eigenvalue weighted by atomic mass is 32.1. The van der Waals surface area contributed by atoms with Gasteiger partial charge >= 0.3 is 0 Å². The number of aryl methyl sites for hydroxylation is 1. The number of hydrogen-bond acceptors (Lipinski definition) is 5. The zero-order valence-corrected chi connectivity index (χ0v) is 14.6. The highest BCUT2D eigenvalue weighted by Crippen LogP contribution is 2.37. The first kappa shape index (κ1) is 15.1. The van der Waals surface area contributed by atoms with Crippen LogP contribution in [0.2, 0.25) is 0 Å². The van der Waals surface area contributed by atoms with Crippen LogP contribution in [0.3, 0.4) is 0 Å². The van der Waals surface area contributed by atoms with Crippen LogP contribution in [0.15, 0.2) is 24.3 Å². The van der Waals surface area contributed by atoms with Gasteiger partial charge < -0.3 is 9.64 Å². The van der Waals surface area contributed by atoms with Crippen molar-refractivity contribution in [3.63, 3.8) is 0 Å². The molecule has 1 aromatic heterocycles. The Hall–Kier alpha value is -1.46. The Morgan fingerprint density at radius 1 is 1.13 bits per heavy atom. The molecular formula is C18H23N3OS. The number of nitrogens with zero attached hydrogens (tertiary/aromatic N) is 3. The summed E-state index contributed by atoms with van der Waals surface area (Å²) in [7, 11) is 2.25. The summed E-state index contributed by atoms with van der Waals surface area (Å²) >= 11 is 1.56. The normalized spacial score (nSPS) is 27.3. The molecule has 23 heavy (non-hydrogen) atoms. The first-order valence-corrected chi connectivity index (χ1v) is 9.36. The van der Waals surface area contributed by atoms with Gasteiger partial charge in [-0.1, -0.05) is 47.6 Å². The van der Waals surface area contributed by atoms with E-state index in [-0.39, 0.29) is 0 Å². The van der Waals surface area contributed by atoms with Gasteiger partial charge in [0, 0.05) is 17.6 Å². The topological polar surface area (TPSA) is 38.3 Å². The van der Waals surface area contributed by atoms with Crippen LogP contribution >= 0.6 is 11.3 Å². The van der Waals surface area contributed by atoms with Gasteiger partial charge in [0.05, 0.1) is 0 Å². The fraction of sp³-hybridized carbons (Fsp3) is 0.556. The largest absolute Gasteiger partial charge is 0.465 e. The first-order chi connectivity index (χ1) is 11.2. The van der Waals surface area contributed by atoms with E-state index in [1.165, 1.54) is 18.4 Å². The van der Waals surface area contributed by atoms with Gasteiger partial charge in [0.15, 0.2) is 5.01 Å². The summed E-state index contributed by atoms with van der Waals surface area (Å²) in [5.41, 5.74) is 2.47. The lowest BCUT2D eigenvalue weighted by Gasteiger charge is -2.35. The SMILES string of the molecule is CCc1ccc(-c2nnc(OC3CC4CC[C@@H](C3)N4C)s2)cc1. The van der Waals surface area contributed by atoms with Crippen LogP contribution in [-0.4, -0.2) is 40.3 Å². The van der Waals surface area contributed by atoms with Gasteiger partial charge in [-0.3, -0.25) is 0 Å². The van der Waals surface area contributed by atoms with Crippen molar-refractivity contribution in [3.05, 3.63) is 29.8 Å². The van der Waals surface area contributed by atoms with E-state index in [4.69, 9.17) is 4.74 Å². The van der Waals surface area contributed by atoms with Crippen molar-refractivity contribution in [2.75, 3.05) is 7.05 Å². The summed E-state index contributed by atoms with van der Waals surface area (Å²) in [5.74, 6) is 0. The van der Waals surface area contributed by atoms with E-state index in [1.54, 1.807) is 11.3 Å². The standard InChI is InChI=1S/C18H23N3OS/c1-3-12-4-6-13(7-5-12)17-19-20-18(23-17)22-16-10-14-8-9-15(11-16)21(14)2/h4-7,14-16H,3,8-11H2,1-2H3/t14-,15?,16?/m0/s1. The third-order valence-electron chi connectivity index (χ3n) is 5.34. The summed E-state index contributed by atoms with van der Waals surface area (Å²) in [5, 5.41) is 10.2. The van der Waals surface area contributed by atoms with Crippen LogP contribution in [0.1, 0.15) is 38.2 Å². The fourth-order valence-electron chi connectivity index (χ4n) is 3.86. The lowest BCUT2D eigenvalue weighted by Crippen LogP contribution is -2.43. The van der Waals surface area contributed by atoms with Gasteiger partial charge in [0.25, 0.3) is 5.19 Å². The molecule has 4 nitrogen and oxygen atoms in total. The maximum atomic E-state index is 6.15. The van der Waals surface area contributed by atoms with E-state index in [2.05, 4.69) is 53.3 Å². The highest BCUT2D eigenvalue weighted by Gasteiger charge is 2.39. The second kappa shape index (κ2) is 6.21. The number of rotatable bonds is 4. The number of benzene rings is 1. The van der Waals surface area contributed by atoms with Crippen molar-refractivity contribution in [1.29, 1.82) is 0 Å². The minimum Gasteiger partial charge on any atom is -0.465 e. The molecule has 5 heteroatoms. The monoisotopic (exact) mass is 329 g/mol. The molecule has 2 unspecified atom stereocenters. The Labute approximate surface area is 141 Å². The molecule has 0 amide bonds. The Kier molecular flexibility index (Phi) is 4.07. The van der Waals surface area contributed by atoms with E-state index < -0.39 is 0 Å². The fourth-order valence-corrected chi connectivity index (χ4v) is 4.62. The molecule has 0 radical (unpaired) electrons. The molecule has 2 aliphatic rings. The van der Waals surface area contributed by atoms with Crippen LogP contribution in [0.4, 0.5) is 0 Å². The second-order valence-corrected chi connectivity index (χ2v) is 7.63. The number of fused-ring (bicyclic) bond motifs is 2. The van der Waals surface area contributed by atoms with Crippen molar-refractivity contribution in [3.8, 4) is 15.8 Å². The first-order valence-electron chi connectivity index (χ1n) is 8.54. The van der Waals surface area contributed by atoms with E-state index in [0.717, 1.165) is 29.8 Å². The maximum Gasteiger partial charge on any atom is 0.294 e. The second-order valence-electron chi connectivity index (χ2n) is 6.69. The van der Waals surface area contributed by atoms with Gasteiger partial charge in [-0.25, -0.2) is 0 Å². The van der Waals surface area contributed by atoms with E-state index in [9.17, 15) is 0 Å². The minimum atomic E-state index is 0.298. The molecule has 0 aliphatic carbocycles. The minimum absolute atomic E-state index is 0.298. The van der Waals surface area contributed by atoms with Crippen LogP contribution in [-0.2, 0) is 6.42 Å². The van der Waals surface area contributed by atoms with Crippen LogP contribution in [0, 0.1) is 0 Å². The zero-order chi connectivity index (χ0) is 15.8. The average molecular weight is 329 g/mol. The predicted molar refractivity (Wildman–Crippen MR) is 92.9 cm³/mol. The molecule has 4 rings (SSSR count). The van der Waals surface area contributed by atoms with Gasteiger partial charge in [-0.2, -0.15) is 0 Å². The van der Waals surface area contributed by atoms with Crippen LogP contribution in [0.5, 0.6) is 5.19 Å². The molecule has 0 N–H and O–H groups in total. The van der Waals surface area contributed by atoms with Crippen molar-refractivity contribution in [1.82, 2.24) is 15.1 Å². The zero-order valence-electron chi connectivity index (χ0n) is 13.7. The number of hydrogen-bond donors (Lipinski definition) is 0. The molecule has 0 spiro atoms. The van der Waals surface area contributed by atoms with Gasteiger partial charge in [-0.15, -0.1) is 5.10 Å². The Bertz CT molecular complexity index is 655. The molecule has 2 bridgehead atoms. The van der Waals surface area contributed by atoms with E-state index >= 15 is 0 Å². The molecule has 2 aliphatic heterocycles. The highest BCUT2D eigenvalue weighted by molar-refractivity contribution is 7.16. The van der Waals surface area contributed by atoms with E-state index in [1.807, 2.05) is 0 Å². The van der Waals surface area contributed by atoms with Crippen molar-refractivity contribution >= 4 is 11.3 Å². The molecule has 1 aromatic carbocycles. The molecule has 0 saturated carbocycles. The molecule has 122 valence electrons. The van der Waals surface area contributed by atoms with Crippen molar-refractivity contribution in [2.45, 2.75) is 57.2 Å². The Morgan fingerprint density at radius 3 is 2.48 bits per heavy atom. The van der Waals surface area contributed by atoms with Crippen molar-refractivity contribution in [2.24, 2.45) is 0 Å². The quantitative estimate of drug-likeness (QED) is 0.856. The average Bonchev–Trinajstić information content (AvgIpc) is 3.09. The summed E-state index contributed by atoms with van der Waals surface area (Å²) < 4.78 is 6.15. The lowest BCUT2D eigenvalue weighted by molar-refractivity contribution is 0.0655. The third kappa shape index (κ3) is 3.00. The molecule has 2 fully saturated rings. The maximum absolute atomic E-state index is 6.15. The van der Waals surface area contributed by atoms with Crippen molar-refractivity contribution < 1.29 is 4.74 Å². The Balaban J connectivity index is 1.44. The smallest absolute Gasteiger partial charge is 0.294 e. The molecule has 2 aromatic rings. The molecular weight excluding hydrogens is 306 g/mol. The number of piperidine rings is 1. The Morgan fingerprint density at radius 2 is 1.83 bits per heavy atom. The van der Waals surface area contributed by atoms with Gasteiger partial charge in [0.2, 0.25) is 0 Å². The molecule has 2 saturated heterocycles. The molecule has 3 atom stereocenters. The van der Waals surface area contributed by atoms with Gasteiger partial charge in [0.1, 0.15) is 6.10 Å². The number of ether oxygens (including phenoxy) is 1. The summed E-state index contributed by atoms with van der Waals surface area (Å²) in [6.07, 6.45) is 6.22. The van der Waals surface area contributed by atoms with Crippen LogP contribution in [0.25, 0.3) is 10.6 Å². The molecule has 3 heterocycles. The third-order valence-corrected chi connectivity index (χ3v) is 6.20. The van der Waals surface area contributed by atoms with Crippen LogP contribution < -0.4 is 4.74 Å². The summed E-state index contributed by atoms with van der Waals surface area (Å²) in [6, 6.07) is 9.94. The van der Waals surface area contributed by atoms with E-state index in [0.29, 0.717) is 23.4 Å². The number of aromatic nitrogens is 2. The summed E-state index contributed by atoms with van der Waals surface area (Å²) in [6.45, 7) is 2.17.